The molecule has 0 fully saturated rings. The summed E-state index contributed by atoms with van der Waals surface area (Å²) < 4.78 is 44.9. The molecule has 1 N–H and O–H groups in total. The number of sulfonamides is 1. The first-order valence-corrected chi connectivity index (χ1v) is 10.7. The lowest BCUT2D eigenvalue weighted by Gasteiger charge is -2.28. The number of aryl methyl sites for hydroxylation is 2. The van der Waals surface area contributed by atoms with E-state index < -0.39 is 27.8 Å². The van der Waals surface area contributed by atoms with Crippen LogP contribution in [-0.2, 0) is 14.8 Å². The van der Waals surface area contributed by atoms with E-state index in [1.807, 2.05) is 32.0 Å². The monoisotopic (exact) mass is 408 g/mol. The van der Waals surface area contributed by atoms with Crippen molar-refractivity contribution < 1.29 is 22.3 Å². The Balaban J connectivity index is 2.02. The molecule has 152 valence electrons. The summed E-state index contributed by atoms with van der Waals surface area (Å²) in [6.07, 6.45) is 0.937. The van der Waals surface area contributed by atoms with Gasteiger partial charge in [0.2, 0.25) is 15.9 Å². The van der Waals surface area contributed by atoms with Crippen LogP contribution >= 0.6 is 0 Å². The van der Waals surface area contributed by atoms with Crippen LogP contribution in [0.5, 0.6) is 5.75 Å². The van der Waals surface area contributed by atoms with Crippen LogP contribution in [0.15, 0.2) is 42.5 Å². The Hall–Kier alpha value is -2.61. The Labute approximate surface area is 165 Å². The molecule has 28 heavy (non-hydrogen) atoms. The quantitative estimate of drug-likeness (QED) is 0.682. The number of halogens is 1. The molecule has 8 heteroatoms. The van der Waals surface area contributed by atoms with E-state index >= 15 is 0 Å². The van der Waals surface area contributed by atoms with Crippen LogP contribution in [0.25, 0.3) is 0 Å². The van der Waals surface area contributed by atoms with Gasteiger partial charge in [0.25, 0.3) is 0 Å². The molecule has 0 aliphatic rings. The van der Waals surface area contributed by atoms with Gasteiger partial charge in [0.1, 0.15) is 24.2 Å². The predicted molar refractivity (Wildman–Crippen MR) is 108 cm³/mol. The van der Waals surface area contributed by atoms with Gasteiger partial charge in [-0.1, -0.05) is 24.3 Å². The van der Waals surface area contributed by atoms with Gasteiger partial charge in [-0.3, -0.25) is 9.10 Å². The van der Waals surface area contributed by atoms with Crippen molar-refractivity contribution in [1.29, 1.82) is 0 Å². The van der Waals surface area contributed by atoms with E-state index in [1.54, 1.807) is 0 Å². The average molecular weight is 408 g/mol. The number of hydrogen-bond acceptors (Lipinski definition) is 4. The molecule has 0 aliphatic heterocycles. The first kappa shape index (κ1) is 21.7. The summed E-state index contributed by atoms with van der Waals surface area (Å²) in [5.74, 6) is -0.532. The normalized spacial score (nSPS) is 12.3. The lowest BCUT2D eigenvalue weighted by molar-refractivity contribution is -0.121. The number of benzene rings is 2. The second kappa shape index (κ2) is 9.05. The van der Waals surface area contributed by atoms with Gasteiger partial charge in [0.05, 0.1) is 18.5 Å². The second-order valence-corrected chi connectivity index (χ2v) is 8.45. The van der Waals surface area contributed by atoms with E-state index in [0.29, 0.717) is 0 Å². The zero-order valence-electron chi connectivity index (χ0n) is 16.4. The molecule has 0 radical (unpaired) electrons. The maximum Gasteiger partial charge on any atom is 0.243 e. The maximum absolute atomic E-state index is 14.1. The van der Waals surface area contributed by atoms with Crippen molar-refractivity contribution in [3.05, 3.63) is 59.4 Å². The van der Waals surface area contributed by atoms with E-state index in [-0.39, 0.29) is 18.8 Å². The number of carbonyl (C=O) groups excluding carboxylic acids is 1. The van der Waals surface area contributed by atoms with E-state index in [2.05, 4.69) is 5.32 Å². The number of hydrogen-bond donors (Lipinski definition) is 1. The van der Waals surface area contributed by atoms with Gasteiger partial charge >= 0.3 is 0 Å². The molecule has 2 aromatic carbocycles. The molecule has 0 saturated carbocycles. The van der Waals surface area contributed by atoms with Crippen molar-refractivity contribution in [2.45, 2.75) is 26.8 Å². The van der Waals surface area contributed by atoms with Gasteiger partial charge < -0.3 is 10.1 Å². The van der Waals surface area contributed by atoms with Crippen molar-refractivity contribution in [2.75, 3.05) is 23.7 Å². The highest BCUT2D eigenvalue weighted by Crippen LogP contribution is 2.24. The Bertz CT molecular complexity index is 947. The summed E-state index contributed by atoms with van der Waals surface area (Å²) in [5.41, 5.74) is 1.87. The molecule has 0 unspecified atom stereocenters. The molecule has 0 bridgehead atoms. The number of para-hydroxylation sites is 1. The molecule has 0 saturated heterocycles. The van der Waals surface area contributed by atoms with E-state index in [9.17, 15) is 17.6 Å². The number of rotatable bonds is 8. The number of nitrogens with zero attached hydrogens (tertiary/aromatic N) is 1. The summed E-state index contributed by atoms with van der Waals surface area (Å²) >= 11 is 0. The standard InChI is InChI=1S/C20H25FN2O4S/c1-14-9-10-15(2)19(13-14)27-12-11-22-20(24)16(3)23(28(4,25)26)18-8-6-5-7-17(18)21/h5-10,13,16H,11-12H2,1-4H3,(H,22,24)/t16-/m0/s1. The molecule has 0 heterocycles. The highest BCUT2D eigenvalue weighted by atomic mass is 32.2. The molecular formula is C20H25FN2O4S. The van der Waals surface area contributed by atoms with Gasteiger partial charge in [0.15, 0.2) is 0 Å². The minimum atomic E-state index is -3.87. The smallest absolute Gasteiger partial charge is 0.243 e. The summed E-state index contributed by atoms with van der Waals surface area (Å²) in [5, 5.41) is 2.64. The van der Waals surface area contributed by atoms with Crippen LogP contribution in [0.3, 0.4) is 0 Å². The fourth-order valence-electron chi connectivity index (χ4n) is 2.76. The molecule has 2 aromatic rings. The lowest BCUT2D eigenvalue weighted by Crippen LogP contribution is -2.48. The van der Waals surface area contributed by atoms with Gasteiger partial charge in [-0.05, 0) is 50.1 Å². The van der Waals surface area contributed by atoms with Crippen LogP contribution in [0.4, 0.5) is 10.1 Å². The third-order valence-corrected chi connectivity index (χ3v) is 5.41. The fourth-order valence-corrected chi connectivity index (χ4v) is 3.93. The van der Waals surface area contributed by atoms with Crippen LogP contribution in [0, 0.1) is 19.7 Å². The predicted octanol–water partition coefficient (Wildman–Crippen LogP) is 2.79. The molecule has 0 aromatic heterocycles. The molecule has 1 amide bonds. The molecule has 0 aliphatic carbocycles. The van der Waals surface area contributed by atoms with Gasteiger partial charge in [-0.2, -0.15) is 0 Å². The maximum atomic E-state index is 14.1. The number of amides is 1. The first-order valence-electron chi connectivity index (χ1n) is 8.83. The molecule has 1 atom stereocenters. The highest BCUT2D eigenvalue weighted by Gasteiger charge is 2.30. The van der Waals surface area contributed by atoms with Crippen molar-refractivity contribution in [3.63, 3.8) is 0 Å². The van der Waals surface area contributed by atoms with E-state index in [1.165, 1.54) is 25.1 Å². The average Bonchev–Trinajstić information content (AvgIpc) is 2.62. The first-order chi connectivity index (χ1) is 13.1. The van der Waals surface area contributed by atoms with Crippen LogP contribution in [0.2, 0.25) is 0 Å². The molecule has 2 rings (SSSR count). The largest absolute Gasteiger partial charge is 0.491 e. The second-order valence-electron chi connectivity index (χ2n) is 6.59. The minimum absolute atomic E-state index is 0.167. The number of anilines is 1. The van der Waals surface area contributed by atoms with Crippen molar-refractivity contribution in [2.24, 2.45) is 0 Å². The Morgan fingerprint density at radius 2 is 1.89 bits per heavy atom. The van der Waals surface area contributed by atoms with E-state index in [4.69, 9.17) is 4.74 Å². The molecule has 6 nitrogen and oxygen atoms in total. The van der Waals surface area contributed by atoms with E-state index in [0.717, 1.165) is 33.5 Å². The van der Waals surface area contributed by atoms with Crippen molar-refractivity contribution in [3.8, 4) is 5.75 Å². The Morgan fingerprint density at radius 1 is 1.21 bits per heavy atom. The van der Waals surface area contributed by atoms with Gasteiger partial charge in [0, 0.05) is 0 Å². The van der Waals surface area contributed by atoms with Crippen LogP contribution < -0.4 is 14.4 Å². The summed E-state index contributed by atoms with van der Waals surface area (Å²) in [7, 11) is -3.87. The van der Waals surface area contributed by atoms with Crippen molar-refractivity contribution in [1.82, 2.24) is 5.32 Å². The number of ether oxygens (including phenoxy) is 1. The molecule has 0 spiro atoms. The summed E-state index contributed by atoms with van der Waals surface area (Å²) in [6.45, 7) is 5.70. The minimum Gasteiger partial charge on any atom is -0.491 e. The number of carbonyl (C=O) groups is 1. The fraction of sp³-hybridized carbons (Fsp3) is 0.350. The van der Waals surface area contributed by atoms with Crippen LogP contribution in [0.1, 0.15) is 18.1 Å². The summed E-state index contributed by atoms with van der Waals surface area (Å²) in [6, 6.07) is 10.2. The third-order valence-electron chi connectivity index (χ3n) is 4.18. The number of nitrogens with one attached hydrogen (secondary N) is 1. The third kappa shape index (κ3) is 5.45. The lowest BCUT2D eigenvalue weighted by atomic mass is 10.1. The zero-order chi connectivity index (χ0) is 20.9. The van der Waals surface area contributed by atoms with Crippen LogP contribution in [-0.4, -0.2) is 39.8 Å². The Kier molecular flexibility index (Phi) is 7.01. The summed E-state index contributed by atoms with van der Waals surface area (Å²) in [4.78, 5) is 12.5. The van der Waals surface area contributed by atoms with Crippen molar-refractivity contribution >= 4 is 21.6 Å². The molecular weight excluding hydrogens is 383 g/mol. The highest BCUT2D eigenvalue weighted by molar-refractivity contribution is 7.92. The zero-order valence-corrected chi connectivity index (χ0v) is 17.2. The SMILES string of the molecule is Cc1ccc(C)c(OCCNC(=O)[C@H](C)N(c2ccccc2F)S(C)(=O)=O)c1. The van der Waals surface area contributed by atoms with Gasteiger partial charge in [-0.15, -0.1) is 0 Å². The Morgan fingerprint density at radius 3 is 2.54 bits per heavy atom. The topological polar surface area (TPSA) is 75.7 Å². The van der Waals surface area contributed by atoms with Gasteiger partial charge in [-0.25, -0.2) is 12.8 Å².